The maximum Gasteiger partial charge on any atom is 0.153 e. The molecule has 0 bridgehead atoms. The Morgan fingerprint density at radius 2 is 1.68 bits per heavy atom. The van der Waals surface area contributed by atoms with Crippen molar-refractivity contribution in [2.24, 2.45) is 0 Å². The smallest absolute Gasteiger partial charge is 0.153 e. The molecular weight excluding hydrogens is 234 g/mol. The van der Waals surface area contributed by atoms with E-state index in [1.807, 2.05) is 12.1 Å². The second-order valence-electron chi connectivity index (χ2n) is 5.00. The molecule has 1 heterocycles. The predicted molar refractivity (Wildman–Crippen MR) is 77.5 cm³/mol. The van der Waals surface area contributed by atoms with Crippen molar-refractivity contribution in [1.82, 2.24) is 0 Å². The Morgan fingerprint density at radius 3 is 2.42 bits per heavy atom. The summed E-state index contributed by atoms with van der Waals surface area (Å²) < 4.78 is 0. The van der Waals surface area contributed by atoms with Crippen molar-refractivity contribution in [2.45, 2.75) is 12.8 Å². The van der Waals surface area contributed by atoms with Crippen molar-refractivity contribution < 1.29 is 4.79 Å². The third-order valence-corrected chi connectivity index (χ3v) is 3.60. The molecule has 0 saturated carbocycles. The van der Waals surface area contributed by atoms with Gasteiger partial charge in [0.1, 0.15) is 0 Å². The monoisotopic (exact) mass is 251 g/mol. The van der Waals surface area contributed by atoms with Gasteiger partial charge in [0.2, 0.25) is 0 Å². The summed E-state index contributed by atoms with van der Waals surface area (Å²) in [5, 5.41) is 0. The average Bonchev–Trinajstić information content (AvgIpc) is 2.87. The first kappa shape index (κ1) is 12.0. The normalized spacial score (nSPS) is 14.9. The lowest BCUT2D eigenvalue weighted by Crippen LogP contribution is -2.21. The fourth-order valence-electron chi connectivity index (χ4n) is 2.62. The number of anilines is 1. The molecule has 2 nitrogen and oxygen atoms in total. The molecule has 1 aliphatic heterocycles. The zero-order valence-corrected chi connectivity index (χ0v) is 10.9. The topological polar surface area (TPSA) is 20.3 Å². The van der Waals surface area contributed by atoms with Crippen LogP contribution >= 0.6 is 0 Å². The molecule has 3 rings (SSSR count). The molecule has 1 fully saturated rings. The van der Waals surface area contributed by atoms with Crippen LogP contribution in [0.5, 0.6) is 0 Å². The molecule has 2 aromatic carbocycles. The number of carbonyl (C=O) groups is 1. The van der Waals surface area contributed by atoms with E-state index in [9.17, 15) is 4.79 Å². The van der Waals surface area contributed by atoms with E-state index in [0.29, 0.717) is 18.7 Å². The molecule has 2 heteroatoms. The summed E-state index contributed by atoms with van der Waals surface area (Å²) >= 11 is 0. The van der Waals surface area contributed by atoms with Crippen molar-refractivity contribution in [3.05, 3.63) is 65.7 Å². The van der Waals surface area contributed by atoms with Gasteiger partial charge in [-0.2, -0.15) is 0 Å². The summed E-state index contributed by atoms with van der Waals surface area (Å²) in [5.74, 6) is 0.342. The molecule has 19 heavy (non-hydrogen) atoms. The highest BCUT2D eigenvalue weighted by Gasteiger charge is 2.21. The van der Waals surface area contributed by atoms with Gasteiger partial charge in [0, 0.05) is 18.7 Å². The van der Waals surface area contributed by atoms with Crippen LogP contribution in [-0.2, 0) is 11.2 Å². The van der Waals surface area contributed by atoms with Crippen molar-refractivity contribution >= 4 is 11.5 Å². The van der Waals surface area contributed by atoms with Crippen LogP contribution in [0, 0.1) is 0 Å². The molecule has 2 aromatic rings. The van der Waals surface area contributed by atoms with Crippen molar-refractivity contribution in [1.29, 1.82) is 0 Å². The Hall–Kier alpha value is -2.09. The Bertz CT molecular complexity index is 577. The van der Waals surface area contributed by atoms with Crippen LogP contribution in [0.1, 0.15) is 17.5 Å². The summed E-state index contributed by atoms with van der Waals surface area (Å²) in [5.41, 5.74) is 3.81. The van der Waals surface area contributed by atoms with E-state index in [1.165, 1.54) is 16.8 Å². The Labute approximate surface area is 113 Å². The fraction of sp³-hybridized carbons (Fsp3) is 0.235. The highest BCUT2D eigenvalue weighted by molar-refractivity contribution is 5.87. The van der Waals surface area contributed by atoms with Gasteiger partial charge in [-0.15, -0.1) is 0 Å². The molecule has 0 unspecified atom stereocenters. The molecule has 0 spiro atoms. The minimum Gasteiger partial charge on any atom is -0.364 e. The lowest BCUT2D eigenvalue weighted by atomic mass is 10.0. The molecule has 0 amide bonds. The number of carbonyl (C=O) groups excluding carboxylic acids is 1. The van der Waals surface area contributed by atoms with E-state index in [0.717, 1.165) is 13.0 Å². The maximum atomic E-state index is 11.5. The number of ketones is 1. The number of Topliss-reactive ketones (excluding diaryl/α,β-unsaturated/α-hetero) is 1. The fourth-order valence-corrected chi connectivity index (χ4v) is 2.62. The predicted octanol–water partition coefficient (Wildman–Crippen LogP) is 3.06. The first-order valence-corrected chi connectivity index (χ1v) is 6.71. The first-order valence-electron chi connectivity index (χ1n) is 6.71. The van der Waals surface area contributed by atoms with E-state index in [-0.39, 0.29) is 0 Å². The second-order valence-corrected chi connectivity index (χ2v) is 5.00. The molecule has 0 aliphatic carbocycles. The summed E-state index contributed by atoms with van der Waals surface area (Å²) in [6, 6.07) is 18.9. The number of benzene rings is 2. The Morgan fingerprint density at radius 1 is 0.947 bits per heavy atom. The summed E-state index contributed by atoms with van der Waals surface area (Å²) in [7, 11) is 0. The van der Waals surface area contributed by atoms with E-state index >= 15 is 0 Å². The highest BCUT2D eigenvalue weighted by Crippen LogP contribution is 2.25. The average molecular weight is 251 g/mol. The van der Waals surface area contributed by atoms with Crippen molar-refractivity contribution in [3.8, 4) is 0 Å². The molecule has 96 valence electrons. The zero-order chi connectivity index (χ0) is 13.1. The van der Waals surface area contributed by atoms with Crippen LogP contribution in [0.25, 0.3) is 0 Å². The van der Waals surface area contributed by atoms with E-state index in [4.69, 9.17) is 0 Å². The first-order chi connectivity index (χ1) is 9.33. The van der Waals surface area contributed by atoms with Gasteiger partial charge in [-0.3, -0.25) is 4.79 Å². The SMILES string of the molecule is O=C1CCN(c2ccccc2Cc2ccccc2)C1. The van der Waals surface area contributed by atoms with Gasteiger partial charge in [-0.05, 0) is 23.6 Å². The van der Waals surface area contributed by atoms with Gasteiger partial charge in [0.05, 0.1) is 6.54 Å². The molecule has 0 N–H and O–H groups in total. The summed E-state index contributed by atoms with van der Waals surface area (Å²) in [6.07, 6.45) is 1.60. The lowest BCUT2D eigenvalue weighted by Gasteiger charge is -2.20. The van der Waals surface area contributed by atoms with Crippen LogP contribution in [0.3, 0.4) is 0 Å². The molecule has 1 aliphatic rings. The minimum atomic E-state index is 0.342. The Kier molecular flexibility index (Phi) is 3.32. The van der Waals surface area contributed by atoms with Crippen LogP contribution in [0.2, 0.25) is 0 Å². The summed E-state index contributed by atoms with van der Waals surface area (Å²) in [6.45, 7) is 1.41. The number of nitrogens with zero attached hydrogens (tertiary/aromatic N) is 1. The number of para-hydroxylation sites is 1. The van der Waals surface area contributed by atoms with Gasteiger partial charge >= 0.3 is 0 Å². The van der Waals surface area contributed by atoms with Crippen molar-refractivity contribution in [2.75, 3.05) is 18.0 Å². The second kappa shape index (κ2) is 5.27. The quantitative estimate of drug-likeness (QED) is 0.835. The van der Waals surface area contributed by atoms with Crippen LogP contribution in [-0.4, -0.2) is 18.9 Å². The molecular formula is C17H17NO. The van der Waals surface area contributed by atoms with Gasteiger partial charge in [-0.1, -0.05) is 48.5 Å². The van der Waals surface area contributed by atoms with Gasteiger partial charge in [0.15, 0.2) is 5.78 Å². The third kappa shape index (κ3) is 2.68. The number of hydrogen-bond acceptors (Lipinski definition) is 2. The standard InChI is InChI=1S/C17H17NO/c19-16-10-11-18(13-16)17-9-5-4-8-15(17)12-14-6-2-1-3-7-14/h1-9H,10-13H2. The van der Waals surface area contributed by atoms with Gasteiger partial charge in [0.25, 0.3) is 0 Å². The van der Waals surface area contributed by atoms with Crippen LogP contribution < -0.4 is 4.90 Å². The van der Waals surface area contributed by atoms with Crippen molar-refractivity contribution in [3.63, 3.8) is 0 Å². The number of hydrogen-bond donors (Lipinski definition) is 0. The van der Waals surface area contributed by atoms with Gasteiger partial charge < -0.3 is 4.90 Å². The third-order valence-electron chi connectivity index (χ3n) is 3.60. The molecule has 0 aromatic heterocycles. The largest absolute Gasteiger partial charge is 0.364 e. The Balaban J connectivity index is 1.87. The maximum absolute atomic E-state index is 11.5. The van der Waals surface area contributed by atoms with Crippen LogP contribution in [0.15, 0.2) is 54.6 Å². The van der Waals surface area contributed by atoms with E-state index in [2.05, 4.69) is 47.4 Å². The minimum absolute atomic E-state index is 0.342. The van der Waals surface area contributed by atoms with Gasteiger partial charge in [-0.25, -0.2) is 0 Å². The summed E-state index contributed by atoms with van der Waals surface area (Å²) in [4.78, 5) is 13.6. The molecule has 0 radical (unpaired) electrons. The van der Waals surface area contributed by atoms with Crippen LogP contribution in [0.4, 0.5) is 5.69 Å². The molecule has 1 saturated heterocycles. The van der Waals surface area contributed by atoms with E-state index in [1.54, 1.807) is 0 Å². The number of rotatable bonds is 3. The highest BCUT2D eigenvalue weighted by atomic mass is 16.1. The lowest BCUT2D eigenvalue weighted by molar-refractivity contribution is -0.116. The zero-order valence-electron chi connectivity index (χ0n) is 10.9. The van der Waals surface area contributed by atoms with E-state index < -0.39 is 0 Å². The molecule has 0 atom stereocenters.